The third-order valence-electron chi connectivity index (χ3n) is 0.628. The highest BCUT2D eigenvalue weighted by atomic mass is 16.7. The fourth-order valence-electron chi connectivity index (χ4n) is 0.303. The van der Waals surface area contributed by atoms with Gasteiger partial charge < -0.3 is 4.84 Å². The second-order valence-electron chi connectivity index (χ2n) is 1.37. The van der Waals surface area contributed by atoms with Crippen LogP contribution in [0.25, 0.3) is 0 Å². The van der Waals surface area contributed by atoms with Crippen molar-refractivity contribution < 1.29 is 14.4 Å². The van der Waals surface area contributed by atoms with Crippen molar-refractivity contribution in [2.45, 2.75) is 13.8 Å². The summed E-state index contributed by atoms with van der Waals surface area (Å²) in [6, 6.07) is 0. The van der Waals surface area contributed by atoms with E-state index >= 15 is 0 Å². The Hall–Kier alpha value is -1.06. The molecular formula is C5H8NO3. The van der Waals surface area contributed by atoms with Gasteiger partial charge in [0.2, 0.25) is 0 Å². The minimum Gasteiger partial charge on any atom is -0.338 e. The van der Waals surface area contributed by atoms with Gasteiger partial charge in [0.1, 0.15) is 0 Å². The molecule has 0 aromatic rings. The van der Waals surface area contributed by atoms with Crippen LogP contribution in [0.1, 0.15) is 13.8 Å². The minimum atomic E-state index is -0.514. The first-order valence-electron chi connectivity index (χ1n) is 2.54. The van der Waals surface area contributed by atoms with E-state index in [0.717, 1.165) is 5.06 Å². The van der Waals surface area contributed by atoms with E-state index in [0.29, 0.717) is 6.54 Å². The average molecular weight is 130 g/mol. The van der Waals surface area contributed by atoms with Crippen molar-refractivity contribution in [1.82, 2.24) is 5.06 Å². The Morgan fingerprint density at radius 3 is 2.44 bits per heavy atom. The van der Waals surface area contributed by atoms with Gasteiger partial charge in [0.15, 0.2) is 0 Å². The van der Waals surface area contributed by atoms with Gasteiger partial charge in [-0.05, 0) is 6.92 Å². The van der Waals surface area contributed by atoms with Crippen molar-refractivity contribution in [2.75, 3.05) is 6.54 Å². The van der Waals surface area contributed by atoms with Crippen LogP contribution >= 0.6 is 0 Å². The van der Waals surface area contributed by atoms with Crippen LogP contribution in [0.15, 0.2) is 0 Å². The molecule has 0 aliphatic heterocycles. The van der Waals surface area contributed by atoms with Crippen LogP contribution in [0.2, 0.25) is 0 Å². The van der Waals surface area contributed by atoms with Gasteiger partial charge in [-0.3, -0.25) is 9.59 Å². The molecule has 0 aliphatic carbocycles. The van der Waals surface area contributed by atoms with Gasteiger partial charge >= 0.3 is 12.4 Å². The van der Waals surface area contributed by atoms with E-state index < -0.39 is 5.97 Å². The Labute approximate surface area is 53.3 Å². The molecule has 9 heavy (non-hydrogen) atoms. The average Bonchev–Trinajstić information content (AvgIpc) is 1.82. The number of hydroxylamine groups is 2. The Kier molecular flexibility index (Phi) is 3.43. The number of carbonyl (C=O) groups excluding carboxylic acids is 2. The van der Waals surface area contributed by atoms with Crippen molar-refractivity contribution in [1.29, 1.82) is 0 Å². The monoisotopic (exact) mass is 130 g/mol. The normalized spacial score (nSPS) is 8.22. The lowest BCUT2D eigenvalue weighted by molar-refractivity contribution is -0.169. The van der Waals surface area contributed by atoms with Crippen LogP contribution in [0.5, 0.6) is 0 Å². The highest BCUT2D eigenvalue weighted by Crippen LogP contribution is 1.83. The molecule has 0 N–H and O–H groups in total. The van der Waals surface area contributed by atoms with E-state index in [-0.39, 0.29) is 0 Å². The Morgan fingerprint density at radius 1 is 1.78 bits per heavy atom. The maximum absolute atomic E-state index is 10.1. The molecule has 4 nitrogen and oxygen atoms in total. The van der Waals surface area contributed by atoms with Gasteiger partial charge in [0, 0.05) is 6.92 Å². The molecule has 51 valence electrons. The zero-order valence-corrected chi connectivity index (χ0v) is 5.38. The molecule has 0 aromatic carbocycles. The highest BCUT2D eigenvalue weighted by Gasteiger charge is 2.01. The van der Waals surface area contributed by atoms with Gasteiger partial charge in [-0.25, -0.2) is 0 Å². The summed E-state index contributed by atoms with van der Waals surface area (Å²) in [6.07, 6.45) is 1.42. The molecule has 0 fully saturated rings. The van der Waals surface area contributed by atoms with Crippen LogP contribution in [0, 0.1) is 0 Å². The quantitative estimate of drug-likeness (QED) is 0.394. The van der Waals surface area contributed by atoms with Gasteiger partial charge in [0.25, 0.3) is 0 Å². The summed E-state index contributed by atoms with van der Waals surface area (Å²) >= 11 is 0. The van der Waals surface area contributed by atoms with E-state index in [4.69, 9.17) is 0 Å². The number of carbonyl (C=O) groups is 1. The Morgan fingerprint density at radius 2 is 2.33 bits per heavy atom. The predicted octanol–water partition coefficient (Wildman–Crippen LogP) is -0.146. The minimum absolute atomic E-state index is 0.322. The molecule has 0 heterocycles. The van der Waals surface area contributed by atoms with Crippen LogP contribution in [0.3, 0.4) is 0 Å². The number of amides is 1. The lowest BCUT2D eigenvalue weighted by Gasteiger charge is -2.09. The summed E-state index contributed by atoms with van der Waals surface area (Å²) in [5.74, 6) is -0.514. The maximum atomic E-state index is 10.1. The van der Waals surface area contributed by atoms with Crippen LogP contribution in [0.4, 0.5) is 0 Å². The van der Waals surface area contributed by atoms with Crippen molar-refractivity contribution in [3.63, 3.8) is 0 Å². The van der Waals surface area contributed by atoms with Crippen molar-refractivity contribution >= 4 is 12.4 Å². The van der Waals surface area contributed by atoms with E-state index in [2.05, 4.69) is 4.84 Å². The summed E-state index contributed by atoms with van der Waals surface area (Å²) in [5, 5.41) is 0.794. The molecular weight excluding hydrogens is 122 g/mol. The van der Waals surface area contributed by atoms with Gasteiger partial charge in [-0.15, -0.1) is 0 Å². The zero-order chi connectivity index (χ0) is 7.28. The molecule has 0 rings (SSSR count). The van der Waals surface area contributed by atoms with E-state index in [1.54, 1.807) is 6.92 Å². The van der Waals surface area contributed by atoms with Gasteiger partial charge in [0.05, 0.1) is 6.54 Å². The van der Waals surface area contributed by atoms with Crippen molar-refractivity contribution in [3.8, 4) is 0 Å². The molecule has 0 bridgehead atoms. The Balaban J connectivity index is 3.55. The topological polar surface area (TPSA) is 46.6 Å². The summed E-state index contributed by atoms with van der Waals surface area (Å²) in [7, 11) is 0. The smallest absolute Gasteiger partial charge is 0.338 e. The molecule has 0 aromatic heterocycles. The molecule has 1 amide bonds. The fourth-order valence-corrected chi connectivity index (χ4v) is 0.303. The maximum Gasteiger partial charge on any atom is 0.347 e. The Bertz CT molecular complexity index is 113. The van der Waals surface area contributed by atoms with E-state index in [1.807, 2.05) is 0 Å². The molecule has 4 heteroatoms. The lowest BCUT2D eigenvalue weighted by atomic mass is 10.7. The first kappa shape index (κ1) is 7.94. The SMILES string of the molecule is CCN([C]=O)OC(C)=O. The first-order valence-corrected chi connectivity index (χ1v) is 2.54. The second kappa shape index (κ2) is 3.88. The molecule has 0 unspecified atom stereocenters. The van der Waals surface area contributed by atoms with Crippen LogP contribution < -0.4 is 0 Å². The zero-order valence-electron chi connectivity index (χ0n) is 5.38. The van der Waals surface area contributed by atoms with E-state index in [9.17, 15) is 9.59 Å². The molecule has 0 atom stereocenters. The highest BCUT2D eigenvalue weighted by molar-refractivity contribution is 5.67. The van der Waals surface area contributed by atoms with E-state index in [1.165, 1.54) is 13.3 Å². The summed E-state index contributed by atoms with van der Waals surface area (Å²) in [4.78, 5) is 24.2. The third kappa shape index (κ3) is 3.52. The van der Waals surface area contributed by atoms with Crippen molar-refractivity contribution in [3.05, 3.63) is 0 Å². The van der Waals surface area contributed by atoms with Crippen LogP contribution in [-0.4, -0.2) is 24.0 Å². The van der Waals surface area contributed by atoms with Gasteiger partial charge in [-0.2, -0.15) is 5.06 Å². The second-order valence-corrected chi connectivity index (χ2v) is 1.37. The summed E-state index contributed by atoms with van der Waals surface area (Å²) in [5.41, 5.74) is 0. The molecule has 0 saturated heterocycles. The lowest BCUT2D eigenvalue weighted by Crippen LogP contribution is -2.23. The predicted molar refractivity (Wildman–Crippen MR) is 29.8 cm³/mol. The van der Waals surface area contributed by atoms with Crippen LogP contribution in [-0.2, 0) is 14.4 Å². The molecule has 0 saturated carbocycles. The largest absolute Gasteiger partial charge is 0.347 e. The fraction of sp³-hybridized carbons (Fsp3) is 0.600. The third-order valence-corrected chi connectivity index (χ3v) is 0.628. The summed E-state index contributed by atoms with van der Waals surface area (Å²) < 4.78 is 0. The van der Waals surface area contributed by atoms with Crippen molar-refractivity contribution in [2.24, 2.45) is 0 Å². The first-order chi connectivity index (χ1) is 4.20. The molecule has 1 radical (unpaired) electrons. The summed E-state index contributed by atoms with van der Waals surface area (Å²) in [6.45, 7) is 3.22. The standard InChI is InChI=1S/C5H8NO3/c1-3-6(4-7)9-5(2)8/h3H2,1-2H3. The number of hydrogen-bond donors (Lipinski definition) is 0. The van der Waals surface area contributed by atoms with Gasteiger partial charge in [-0.1, -0.05) is 0 Å². The number of hydrogen-bond acceptors (Lipinski definition) is 3. The number of nitrogens with zero attached hydrogens (tertiary/aromatic N) is 1. The molecule has 0 aliphatic rings. The number of rotatable bonds is 3. The molecule has 0 spiro atoms.